The Hall–Kier alpha value is -3.01. The average molecular weight is 473 g/mol. The Kier molecular flexibility index (Phi) is 8.46. The summed E-state index contributed by atoms with van der Waals surface area (Å²) in [7, 11) is 0. The molecule has 9 heteroatoms. The number of amides is 1. The highest BCUT2D eigenvalue weighted by Gasteiger charge is 2.25. The minimum Gasteiger partial charge on any atom is -0.492 e. The van der Waals surface area contributed by atoms with E-state index >= 15 is 0 Å². The molecule has 2 aromatic rings. The molecule has 4 rings (SSSR count). The van der Waals surface area contributed by atoms with Gasteiger partial charge in [-0.05, 0) is 55.2 Å². The normalized spacial score (nSPS) is 17.7. The molecule has 2 atom stereocenters. The molecular formula is C25H32N2O7. The number of rotatable bonds is 14. The van der Waals surface area contributed by atoms with E-state index in [4.69, 9.17) is 29.4 Å². The number of aliphatic hydroxyl groups is 1. The van der Waals surface area contributed by atoms with Gasteiger partial charge in [-0.3, -0.25) is 4.79 Å². The molecule has 184 valence electrons. The molecule has 0 bridgehead atoms. The molecule has 0 unspecified atom stereocenters. The van der Waals surface area contributed by atoms with Crippen molar-refractivity contribution in [1.29, 1.82) is 0 Å². The Morgan fingerprint density at radius 1 is 1.09 bits per heavy atom. The smallest absolute Gasteiger partial charge is 0.248 e. The minimum atomic E-state index is -0.684. The monoisotopic (exact) mass is 472 g/mol. The van der Waals surface area contributed by atoms with Crippen molar-refractivity contribution in [2.75, 3.05) is 46.1 Å². The predicted octanol–water partition coefficient (Wildman–Crippen LogP) is 1.76. The first-order valence-corrected chi connectivity index (χ1v) is 11.6. The van der Waals surface area contributed by atoms with Crippen LogP contribution >= 0.6 is 0 Å². The Morgan fingerprint density at radius 2 is 1.88 bits per heavy atom. The number of nitrogens with two attached hydrogens (primary N) is 1. The fourth-order valence-corrected chi connectivity index (χ4v) is 3.39. The molecule has 34 heavy (non-hydrogen) atoms. The van der Waals surface area contributed by atoms with Gasteiger partial charge < -0.3 is 39.8 Å². The average Bonchev–Trinajstić information content (AvgIpc) is 3.67. The minimum absolute atomic E-state index is 0.107. The fraction of sp³-hybridized carbons (Fsp3) is 0.480. The third-order valence-electron chi connectivity index (χ3n) is 5.50. The maximum atomic E-state index is 11.1. The second-order valence-corrected chi connectivity index (χ2v) is 8.55. The van der Waals surface area contributed by atoms with Crippen LogP contribution in [0.2, 0.25) is 0 Å². The summed E-state index contributed by atoms with van der Waals surface area (Å²) >= 11 is 0. The van der Waals surface area contributed by atoms with Crippen molar-refractivity contribution in [1.82, 2.24) is 5.32 Å². The van der Waals surface area contributed by atoms with Crippen molar-refractivity contribution >= 4 is 5.91 Å². The van der Waals surface area contributed by atoms with Crippen molar-refractivity contribution < 1.29 is 33.6 Å². The van der Waals surface area contributed by atoms with E-state index < -0.39 is 12.0 Å². The number of aliphatic hydroxyl groups excluding tert-OH is 1. The van der Waals surface area contributed by atoms with E-state index in [0.717, 1.165) is 12.5 Å². The third kappa shape index (κ3) is 7.51. The lowest BCUT2D eigenvalue weighted by Crippen LogP contribution is -2.34. The molecule has 9 nitrogen and oxygen atoms in total. The highest BCUT2D eigenvalue weighted by atomic mass is 16.6. The summed E-state index contributed by atoms with van der Waals surface area (Å²) in [4.78, 5) is 11.1. The first-order chi connectivity index (χ1) is 16.6. The van der Waals surface area contributed by atoms with Crippen LogP contribution in [0.15, 0.2) is 42.5 Å². The van der Waals surface area contributed by atoms with Crippen LogP contribution in [0, 0.1) is 5.92 Å². The van der Waals surface area contributed by atoms with Gasteiger partial charge in [0.25, 0.3) is 0 Å². The van der Waals surface area contributed by atoms with Crippen LogP contribution in [-0.4, -0.2) is 69.3 Å². The van der Waals surface area contributed by atoms with Gasteiger partial charge in [-0.2, -0.15) is 0 Å². The van der Waals surface area contributed by atoms with Gasteiger partial charge in [-0.25, -0.2) is 0 Å². The highest BCUT2D eigenvalue weighted by molar-refractivity contribution is 5.92. The maximum Gasteiger partial charge on any atom is 0.248 e. The van der Waals surface area contributed by atoms with Gasteiger partial charge in [0.1, 0.15) is 37.4 Å². The van der Waals surface area contributed by atoms with Gasteiger partial charge in [-0.15, -0.1) is 0 Å². The number of benzene rings is 2. The van der Waals surface area contributed by atoms with E-state index in [-0.39, 0.29) is 12.7 Å². The Labute approximate surface area is 199 Å². The fourth-order valence-electron chi connectivity index (χ4n) is 3.39. The first kappa shape index (κ1) is 24.1. The Bertz CT molecular complexity index is 933. The van der Waals surface area contributed by atoms with E-state index in [1.807, 2.05) is 6.07 Å². The molecule has 0 aromatic heterocycles. The standard InChI is InChI=1S/C25H32N2O7/c26-25(29)18-3-5-20(6-4-18)31-10-9-27-12-19(28)14-32-21-7-8-23-24(11-21)33-16-22(34-23)15-30-13-17-1-2-17/h3-8,11,17,19,22,27-28H,1-2,9-10,12-16H2,(H2,26,29)/t19-,22+/m0/s1. The van der Waals surface area contributed by atoms with Crippen LogP contribution in [0.5, 0.6) is 23.0 Å². The first-order valence-electron chi connectivity index (χ1n) is 11.6. The van der Waals surface area contributed by atoms with Gasteiger partial charge in [0.05, 0.1) is 6.61 Å². The van der Waals surface area contributed by atoms with Crippen LogP contribution < -0.4 is 30.0 Å². The Balaban J connectivity index is 1.09. The van der Waals surface area contributed by atoms with E-state index in [1.165, 1.54) is 12.8 Å². The highest BCUT2D eigenvalue weighted by Crippen LogP contribution is 2.35. The summed E-state index contributed by atoms with van der Waals surface area (Å²) in [6.45, 7) is 3.22. The zero-order valence-corrected chi connectivity index (χ0v) is 19.1. The zero-order valence-electron chi connectivity index (χ0n) is 19.1. The van der Waals surface area contributed by atoms with Crippen LogP contribution in [0.25, 0.3) is 0 Å². The topological polar surface area (TPSA) is 122 Å². The van der Waals surface area contributed by atoms with E-state index in [2.05, 4.69) is 5.32 Å². The van der Waals surface area contributed by atoms with E-state index in [0.29, 0.717) is 61.5 Å². The summed E-state index contributed by atoms with van der Waals surface area (Å²) in [6.07, 6.45) is 1.74. The zero-order chi connectivity index (χ0) is 23.8. The second-order valence-electron chi connectivity index (χ2n) is 8.55. The van der Waals surface area contributed by atoms with Gasteiger partial charge in [0.2, 0.25) is 5.91 Å². The van der Waals surface area contributed by atoms with Gasteiger partial charge >= 0.3 is 0 Å². The molecular weight excluding hydrogens is 440 g/mol. The van der Waals surface area contributed by atoms with Crippen molar-refractivity contribution in [2.45, 2.75) is 25.0 Å². The summed E-state index contributed by atoms with van der Waals surface area (Å²) in [5.41, 5.74) is 5.65. The van der Waals surface area contributed by atoms with Gasteiger partial charge in [-0.1, -0.05) is 0 Å². The van der Waals surface area contributed by atoms with Crippen molar-refractivity contribution in [2.24, 2.45) is 11.7 Å². The maximum absolute atomic E-state index is 11.1. The van der Waals surface area contributed by atoms with Crippen molar-refractivity contribution in [3.8, 4) is 23.0 Å². The molecule has 1 amide bonds. The lowest BCUT2D eigenvalue weighted by molar-refractivity contribution is 0.00551. The molecule has 1 heterocycles. The molecule has 2 aromatic carbocycles. The van der Waals surface area contributed by atoms with Gasteiger partial charge in [0.15, 0.2) is 17.6 Å². The van der Waals surface area contributed by atoms with Crippen molar-refractivity contribution in [3.63, 3.8) is 0 Å². The summed E-state index contributed by atoms with van der Waals surface area (Å²) < 4.78 is 28.7. The Morgan fingerprint density at radius 3 is 2.65 bits per heavy atom. The van der Waals surface area contributed by atoms with Crippen molar-refractivity contribution in [3.05, 3.63) is 48.0 Å². The summed E-state index contributed by atoms with van der Waals surface area (Å²) in [5.74, 6) is 2.80. The number of ether oxygens (including phenoxy) is 5. The molecule has 4 N–H and O–H groups in total. The number of carbonyl (C=O) groups is 1. The van der Waals surface area contributed by atoms with Crippen LogP contribution in [0.3, 0.4) is 0 Å². The number of carbonyl (C=O) groups excluding carboxylic acids is 1. The molecule has 0 saturated heterocycles. The summed E-state index contributed by atoms with van der Waals surface area (Å²) in [6, 6.07) is 12.0. The number of hydrogen-bond acceptors (Lipinski definition) is 8. The van der Waals surface area contributed by atoms with Crippen LogP contribution in [0.4, 0.5) is 0 Å². The van der Waals surface area contributed by atoms with Crippen LogP contribution in [0.1, 0.15) is 23.2 Å². The number of nitrogens with one attached hydrogen (secondary N) is 1. The number of primary amides is 1. The number of hydrogen-bond donors (Lipinski definition) is 3. The molecule has 2 aliphatic rings. The predicted molar refractivity (Wildman–Crippen MR) is 125 cm³/mol. The molecule has 1 aliphatic heterocycles. The number of fused-ring (bicyclic) bond motifs is 1. The van der Waals surface area contributed by atoms with E-state index in [1.54, 1.807) is 36.4 Å². The molecule has 1 saturated carbocycles. The quantitative estimate of drug-likeness (QED) is 0.356. The third-order valence-corrected chi connectivity index (χ3v) is 5.50. The second kappa shape index (κ2) is 11.9. The molecule has 0 radical (unpaired) electrons. The summed E-state index contributed by atoms with van der Waals surface area (Å²) in [5, 5.41) is 13.3. The molecule has 0 spiro atoms. The lowest BCUT2D eigenvalue weighted by atomic mass is 10.2. The largest absolute Gasteiger partial charge is 0.492 e. The SMILES string of the molecule is NC(=O)c1ccc(OCCNC[C@H](O)COc2ccc3c(c2)OC[C@@H](COCC2CC2)O3)cc1. The lowest BCUT2D eigenvalue weighted by Gasteiger charge is -2.26. The molecule has 1 aliphatic carbocycles. The molecule has 1 fully saturated rings. The van der Waals surface area contributed by atoms with Gasteiger partial charge in [0, 0.05) is 31.3 Å². The van der Waals surface area contributed by atoms with Crippen LogP contribution in [-0.2, 0) is 4.74 Å². The van der Waals surface area contributed by atoms with E-state index in [9.17, 15) is 9.90 Å².